The Morgan fingerprint density at radius 3 is 2.71 bits per heavy atom. The lowest BCUT2D eigenvalue weighted by Gasteiger charge is -2.36. The van der Waals surface area contributed by atoms with Gasteiger partial charge in [-0.1, -0.05) is 22.9 Å². The first-order valence-electron chi connectivity index (χ1n) is 5.15. The predicted molar refractivity (Wildman–Crippen MR) is 63.4 cm³/mol. The zero-order valence-electron chi connectivity index (χ0n) is 9.04. The van der Waals surface area contributed by atoms with Gasteiger partial charge in [-0.25, -0.2) is 4.31 Å². The van der Waals surface area contributed by atoms with Crippen LogP contribution in [0.2, 0.25) is 0 Å². The standard InChI is InChI=1S/C11H12N2O3S/c12-7-3-4-8-13-11(14)9-5-1-2-6-10(9)17(13,15)16/h1-2,5-6,15-16H,3-4,8H2. The van der Waals surface area contributed by atoms with E-state index in [2.05, 4.69) is 0 Å². The minimum absolute atomic E-state index is 0.184. The first-order valence-corrected chi connectivity index (χ1v) is 6.65. The summed E-state index contributed by atoms with van der Waals surface area (Å²) in [7, 11) is -3.20. The van der Waals surface area contributed by atoms with E-state index in [1.807, 2.05) is 6.07 Å². The Kier molecular flexibility index (Phi) is 3.07. The van der Waals surface area contributed by atoms with Gasteiger partial charge in [0.05, 0.1) is 16.5 Å². The Balaban J connectivity index is 2.28. The highest BCUT2D eigenvalue weighted by Gasteiger charge is 2.40. The highest BCUT2D eigenvalue weighted by molar-refractivity contribution is 8.23. The number of benzene rings is 1. The second kappa shape index (κ2) is 4.37. The minimum atomic E-state index is -3.20. The first-order chi connectivity index (χ1) is 8.09. The number of nitriles is 1. The van der Waals surface area contributed by atoms with Crippen LogP contribution in [0.1, 0.15) is 23.2 Å². The van der Waals surface area contributed by atoms with Gasteiger partial charge in [-0.2, -0.15) is 5.26 Å². The third kappa shape index (κ3) is 1.89. The zero-order valence-corrected chi connectivity index (χ0v) is 9.85. The zero-order chi connectivity index (χ0) is 12.5. The molecule has 2 N–H and O–H groups in total. The van der Waals surface area contributed by atoms with E-state index in [1.54, 1.807) is 24.3 Å². The molecule has 0 unspecified atom stereocenters. The van der Waals surface area contributed by atoms with E-state index < -0.39 is 10.8 Å². The van der Waals surface area contributed by atoms with E-state index in [4.69, 9.17) is 5.26 Å². The number of unbranched alkanes of at least 4 members (excludes halogenated alkanes) is 1. The van der Waals surface area contributed by atoms with Crippen LogP contribution in [0.25, 0.3) is 0 Å². The van der Waals surface area contributed by atoms with Crippen molar-refractivity contribution in [1.82, 2.24) is 4.31 Å². The van der Waals surface area contributed by atoms with Crippen molar-refractivity contribution in [2.24, 2.45) is 0 Å². The minimum Gasteiger partial charge on any atom is -0.277 e. The molecule has 0 spiro atoms. The largest absolute Gasteiger partial charge is 0.277 e. The summed E-state index contributed by atoms with van der Waals surface area (Å²) in [6.07, 6.45) is 0.724. The Hall–Kier alpha value is -1.55. The molecule has 6 heteroatoms. The number of hydrogen-bond donors (Lipinski definition) is 2. The molecule has 1 aliphatic heterocycles. The molecule has 0 saturated carbocycles. The lowest BCUT2D eigenvalue weighted by Crippen LogP contribution is -2.28. The fourth-order valence-corrected chi connectivity index (χ4v) is 3.44. The maximum atomic E-state index is 12.0. The average molecular weight is 252 g/mol. The van der Waals surface area contributed by atoms with Gasteiger partial charge in [0.25, 0.3) is 5.91 Å². The molecule has 1 heterocycles. The lowest BCUT2D eigenvalue weighted by molar-refractivity contribution is 0.0862. The molecule has 0 saturated heterocycles. The highest BCUT2D eigenvalue weighted by Crippen LogP contribution is 2.58. The SMILES string of the molecule is N#CCCCN1C(=O)c2ccccc2S1(O)O. The number of fused-ring (bicyclic) bond motifs is 1. The number of hydrogen-bond acceptors (Lipinski definition) is 4. The van der Waals surface area contributed by atoms with Crippen molar-refractivity contribution in [3.05, 3.63) is 29.8 Å². The van der Waals surface area contributed by atoms with Crippen molar-refractivity contribution in [3.63, 3.8) is 0 Å². The van der Waals surface area contributed by atoms with Gasteiger partial charge in [-0.15, -0.1) is 0 Å². The number of carbonyl (C=O) groups excluding carboxylic acids is 1. The second-order valence-corrected chi connectivity index (χ2v) is 5.60. The summed E-state index contributed by atoms with van der Waals surface area (Å²) in [6, 6.07) is 8.44. The molecule has 1 aromatic rings. The molecule has 1 amide bonds. The van der Waals surface area contributed by atoms with Crippen molar-refractivity contribution in [3.8, 4) is 6.07 Å². The fourth-order valence-electron chi connectivity index (χ4n) is 1.78. The van der Waals surface area contributed by atoms with Crippen molar-refractivity contribution < 1.29 is 13.9 Å². The summed E-state index contributed by atoms with van der Waals surface area (Å²) >= 11 is 0. The van der Waals surface area contributed by atoms with Gasteiger partial charge in [0.15, 0.2) is 0 Å². The van der Waals surface area contributed by atoms with Gasteiger partial charge in [-0.3, -0.25) is 13.9 Å². The highest BCUT2D eigenvalue weighted by atomic mass is 32.3. The molecule has 0 aliphatic carbocycles. The topological polar surface area (TPSA) is 84.6 Å². The molecule has 1 aromatic carbocycles. The van der Waals surface area contributed by atoms with Crippen LogP contribution in [0.4, 0.5) is 0 Å². The molecule has 0 aromatic heterocycles. The summed E-state index contributed by atoms with van der Waals surface area (Å²) < 4.78 is 21.1. The maximum Gasteiger partial charge on any atom is 0.274 e. The van der Waals surface area contributed by atoms with Gasteiger partial charge in [0.2, 0.25) is 0 Å². The van der Waals surface area contributed by atoms with Crippen molar-refractivity contribution in [2.45, 2.75) is 17.7 Å². The van der Waals surface area contributed by atoms with Crippen LogP contribution in [0.15, 0.2) is 29.2 Å². The summed E-state index contributed by atoms with van der Waals surface area (Å²) in [4.78, 5) is 12.2. The monoisotopic (exact) mass is 252 g/mol. The third-order valence-electron chi connectivity index (χ3n) is 2.60. The first kappa shape index (κ1) is 11.9. The number of nitrogens with zero attached hydrogens (tertiary/aromatic N) is 2. The van der Waals surface area contributed by atoms with Crippen molar-refractivity contribution in [1.29, 1.82) is 5.26 Å². The fraction of sp³-hybridized carbons (Fsp3) is 0.273. The van der Waals surface area contributed by atoms with Crippen LogP contribution >= 0.6 is 10.8 Å². The molecular weight excluding hydrogens is 240 g/mol. The van der Waals surface area contributed by atoms with Crippen molar-refractivity contribution >= 4 is 16.7 Å². The van der Waals surface area contributed by atoms with E-state index in [1.165, 1.54) is 0 Å². The van der Waals surface area contributed by atoms with E-state index in [0.29, 0.717) is 12.0 Å². The summed E-state index contributed by atoms with van der Waals surface area (Å²) in [6.45, 7) is 0.184. The van der Waals surface area contributed by atoms with Crippen LogP contribution in [0, 0.1) is 11.3 Å². The van der Waals surface area contributed by atoms with E-state index in [-0.39, 0.29) is 23.8 Å². The van der Waals surface area contributed by atoms with Gasteiger partial charge >= 0.3 is 0 Å². The Bertz CT molecular complexity index is 496. The van der Waals surface area contributed by atoms with Crippen LogP contribution in [-0.2, 0) is 0 Å². The Labute approximate surface area is 101 Å². The molecule has 0 fully saturated rings. The van der Waals surface area contributed by atoms with E-state index >= 15 is 0 Å². The molecule has 2 rings (SSSR count). The smallest absolute Gasteiger partial charge is 0.274 e. The van der Waals surface area contributed by atoms with Gasteiger partial charge in [0.1, 0.15) is 0 Å². The molecular formula is C11H12N2O3S. The van der Waals surface area contributed by atoms with Crippen LogP contribution in [0.3, 0.4) is 0 Å². The number of amides is 1. The number of rotatable bonds is 3. The maximum absolute atomic E-state index is 12.0. The molecule has 0 bridgehead atoms. The van der Waals surface area contributed by atoms with Crippen LogP contribution in [0.5, 0.6) is 0 Å². The predicted octanol–water partition coefficient (Wildman–Crippen LogP) is 2.47. The molecule has 0 atom stereocenters. The number of carbonyl (C=O) groups is 1. The third-order valence-corrected chi connectivity index (χ3v) is 4.51. The van der Waals surface area contributed by atoms with E-state index in [9.17, 15) is 13.9 Å². The summed E-state index contributed by atoms with van der Waals surface area (Å²) in [5.41, 5.74) is 0.337. The van der Waals surface area contributed by atoms with Crippen LogP contribution < -0.4 is 0 Å². The normalized spacial score (nSPS) is 18.6. The van der Waals surface area contributed by atoms with Gasteiger partial charge < -0.3 is 0 Å². The summed E-state index contributed by atoms with van der Waals surface area (Å²) in [5.74, 6) is -0.376. The molecule has 5 nitrogen and oxygen atoms in total. The van der Waals surface area contributed by atoms with Crippen LogP contribution in [-0.4, -0.2) is 25.9 Å². The molecule has 0 radical (unpaired) electrons. The quantitative estimate of drug-likeness (QED) is 0.809. The second-order valence-electron chi connectivity index (χ2n) is 3.68. The van der Waals surface area contributed by atoms with Crippen molar-refractivity contribution in [2.75, 3.05) is 6.54 Å². The molecule has 90 valence electrons. The summed E-state index contributed by atoms with van der Waals surface area (Å²) in [5, 5.41) is 8.44. The molecule has 17 heavy (non-hydrogen) atoms. The van der Waals surface area contributed by atoms with Gasteiger partial charge in [0, 0.05) is 13.0 Å². The van der Waals surface area contributed by atoms with E-state index in [0.717, 1.165) is 4.31 Å². The Morgan fingerprint density at radius 1 is 1.35 bits per heavy atom. The van der Waals surface area contributed by atoms with Gasteiger partial charge in [-0.05, 0) is 18.6 Å². The Morgan fingerprint density at radius 2 is 2.06 bits per heavy atom. The average Bonchev–Trinajstić information content (AvgIpc) is 2.51. The molecule has 1 aliphatic rings. The lowest BCUT2D eigenvalue weighted by atomic mass is 10.2.